The first-order valence-electron chi connectivity index (χ1n) is 4.94. The highest BCUT2D eigenvalue weighted by Gasteiger charge is 2.35. The molecule has 0 saturated heterocycles. The van der Waals surface area contributed by atoms with Crippen LogP contribution in [0.5, 0.6) is 5.75 Å². The van der Waals surface area contributed by atoms with Crippen molar-refractivity contribution >= 4 is 5.91 Å². The highest BCUT2D eigenvalue weighted by Crippen LogP contribution is 2.22. The summed E-state index contributed by atoms with van der Waals surface area (Å²) < 4.78 is 0. The summed E-state index contributed by atoms with van der Waals surface area (Å²) in [6.07, 6.45) is 0.818. The lowest BCUT2D eigenvalue weighted by atomic mass is 10.1. The molecule has 0 aliphatic heterocycles. The lowest BCUT2D eigenvalue weighted by molar-refractivity contribution is 0.0947. The largest absolute Gasteiger partial charge is 0.507 e. The number of phenolic OH excluding ortho intramolecular Hbond substituents is 1. The van der Waals surface area contributed by atoms with Crippen molar-refractivity contribution in [1.29, 1.82) is 0 Å². The molecule has 0 radical (unpaired) electrons. The summed E-state index contributed by atoms with van der Waals surface area (Å²) in [5.41, 5.74) is 6.84. The molecule has 1 aliphatic carbocycles. The topological polar surface area (TPSA) is 75.3 Å². The number of carbonyl (C=O) groups excluding carboxylic acids is 1. The van der Waals surface area contributed by atoms with Crippen molar-refractivity contribution in [3.05, 3.63) is 29.3 Å². The molecule has 2 rings (SSSR count). The molecule has 0 aromatic heterocycles. The summed E-state index contributed by atoms with van der Waals surface area (Å²) >= 11 is 0. The van der Waals surface area contributed by atoms with E-state index in [2.05, 4.69) is 5.32 Å². The number of phenols is 1. The zero-order valence-electron chi connectivity index (χ0n) is 8.53. The fourth-order valence-electron chi connectivity index (χ4n) is 1.46. The van der Waals surface area contributed by atoms with E-state index >= 15 is 0 Å². The summed E-state index contributed by atoms with van der Waals surface area (Å²) in [5, 5.41) is 12.3. The summed E-state index contributed by atoms with van der Waals surface area (Å²) in [6.45, 7) is 1.87. The second-order valence-corrected chi connectivity index (χ2v) is 4.00. The molecule has 4 N–H and O–H groups in total. The van der Waals surface area contributed by atoms with Gasteiger partial charge in [-0.25, -0.2) is 0 Å². The Morgan fingerprint density at radius 1 is 1.60 bits per heavy atom. The van der Waals surface area contributed by atoms with Crippen LogP contribution in [0.1, 0.15) is 22.3 Å². The van der Waals surface area contributed by atoms with Crippen LogP contribution in [-0.4, -0.2) is 23.1 Å². The Hall–Kier alpha value is -1.55. The minimum atomic E-state index is -0.255. The maximum Gasteiger partial charge on any atom is 0.255 e. The Morgan fingerprint density at radius 3 is 2.87 bits per heavy atom. The molecular weight excluding hydrogens is 192 g/mol. The van der Waals surface area contributed by atoms with Gasteiger partial charge in [0.25, 0.3) is 5.91 Å². The number of rotatable bonds is 2. The first-order chi connectivity index (χ1) is 7.08. The molecule has 0 heterocycles. The van der Waals surface area contributed by atoms with Crippen LogP contribution in [0.2, 0.25) is 0 Å². The van der Waals surface area contributed by atoms with E-state index in [1.807, 2.05) is 6.92 Å². The van der Waals surface area contributed by atoms with Gasteiger partial charge in [-0.3, -0.25) is 4.79 Å². The first-order valence-corrected chi connectivity index (χ1v) is 4.94. The van der Waals surface area contributed by atoms with E-state index in [4.69, 9.17) is 5.73 Å². The number of nitrogens with two attached hydrogens (primary N) is 1. The molecule has 1 aliphatic rings. The van der Waals surface area contributed by atoms with Crippen molar-refractivity contribution < 1.29 is 9.90 Å². The molecule has 2 atom stereocenters. The van der Waals surface area contributed by atoms with Gasteiger partial charge in [0.15, 0.2) is 0 Å². The van der Waals surface area contributed by atoms with Crippen LogP contribution >= 0.6 is 0 Å². The third-order valence-corrected chi connectivity index (χ3v) is 2.55. The molecule has 80 valence electrons. The Bertz CT molecular complexity index is 404. The molecule has 0 spiro atoms. The van der Waals surface area contributed by atoms with Crippen molar-refractivity contribution in [2.24, 2.45) is 5.73 Å². The van der Waals surface area contributed by atoms with Gasteiger partial charge in [0.1, 0.15) is 5.75 Å². The number of benzene rings is 1. The number of nitrogens with one attached hydrogen (secondary N) is 1. The highest BCUT2D eigenvalue weighted by molar-refractivity contribution is 5.97. The molecule has 1 fully saturated rings. The smallest absolute Gasteiger partial charge is 0.255 e. The normalized spacial score (nSPS) is 23.6. The molecule has 15 heavy (non-hydrogen) atoms. The van der Waals surface area contributed by atoms with Crippen molar-refractivity contribution in [1.82, 2.24) is 5.32 Å². The van der Waals surface area contributed by atoms with Gasteiger partial charge in [0, 0.05) is 12.1 Å². The van der Waals surface area contributed by atoms with Crippen LogP contribution in [0.25, 0.3) is 0 Å². The van der Waals surface area contributed by atoms with Gasteiger partial charge in [0.05, 0.1) is 5.56 Å². The van der Waals surface area contributed by atoms with Gasteiger partial charge >= 0.3 is 0 Å². The number of hydrogen-bond donors (Lipinski definition) is 3. The SMILES string of the molecule is Cc1ccc(O)c(C(=O)NC2CC2N)c1. The van der Waals surface area contributed by atoms with Crippen molar-refractivity contribution in [3.8, 4) is 5.75 Å². The number of aryl methyl sites for hydroxylation is 1. The van der Waals surface area contributed by atoms with Crippen LogP contribution in [0.15, 0.2) is 18.2 Å². The molecule has 1 amide bonds. The Kier molecular flexibility index (Phi) is 2.36. The summed E-state index contributed by atoms with van der Waals surface area (Å²) in [4.78, 5) is 11.7. The molecule has 1 saturated carbocycles. The zero-order chi connectivity index (χ0) is 11.0. The van der Waals surface area contributed by atoms with Gasteiger partial charge in [-0.05, 0) is 25.5 Å². The number of hydrogen-bond acceptors (Lipinski definition) is 3. The van der Waals surface area contributed by atoms with E-state index in [-0.39, 0.29) is 23.7 Å². The molecule has 0 bridgehead atoms. The number of aromatic hydroxyl groups is 1. The van der Waals surface area contributed by atoms with Crippen molar-refractivity contribution in [2.75, 3.05) is 0 Å². The van der Waals surface area contributed by atoms with Gasteiger partial charge in [-0.2, -0.15) is 0 Å². The highest BCUT2D eigenvalue weighted by atomic mass is 16.3. The zero-order valence-corrected chi connectivity index (χ0v) is 8.53. The monoisotopic (exact) mass is 206 g/mol. The maximum atomic E-state index is 11.7. The molecule has 4 nitrogen and oxygen atoms in total. The van der Waals surface area contributed by atoms with Crippen LogP contribution in [0.4, 0.5) is 0 Å². The summed E-state index contributed by atoms with van der Waals surface area (Å²) in [5.74, 6) is -0.249. The average molecular weight is 206 g/mol. The molecular formula is C11H14N2O2. The van der Waals surface area contributed by atoms with Gasteiger partial charge < -0.3 is 16.2 Å². The van der Waals surface area contributed by atoms with E-state index in [0.29, 0.717) is 5.56 Å². The van der Waals surface area contributed by atoms with E-state index < -0.39 is 0 Å². The lowest BCUT2D eigenvalue weighted by Gasteiger charge is -2.06. The quantitative estimate of drug-likeness (QED) is 0.660. The Balaban J connectivity index is 2.14. The van der Waals surface area contributed by atoms with Gasteiger partial charge in [-0.15, -0.1) is 0 Å². The van der Waals surface area contributed by atoms with E-state index in [1.165, 1.54) is 6.07 Å². The van der Waals surface area contributed by atoms with Crippen molar-refractivity contribution in [3.63, 3.8) is 0 Å². The molecule has 1 aromatic rings. The Morgan fingerprint density at radius 2 is 2.27 bits per heavy atom. The average Bonchev–Trinajstić information content (AvgIpc) is 2.86. The van der Waals surface area contributed by atoms with E-state index in [0.717, 1.165) is 12.0 Å². The second-order valence-electron chi connectivity index (χ2n) is 4.00. The van der Waals surface area contributed by atoms with Crippen LogP contribution in [0.3, 0.4) is 0 Å². The third kappa shape index (κ3) is 2.10. The van der Waals surface area contributed by atoms with Gasteiger partial charge in [-0.1, -0.05) is 11.6 Å². The Labute approximate surface area is 88.1 Å². The van der Waals surface area contributed by atoms with Gasteiger partial charge in [0.2, 0.25) is 0 Å². The maximum absolute atomic E-state index is 11.7. The summed E-state index contributed by atoms with van der Waals surface area (Å²) in [7, 11) is 0. The standard InChI is InChI=1S/C11H14N2O2/c1-6-2-3-10(14)7(4-6)11(15)13-9-5-8(9)12/h2-4,8-9,14H,5,12H2,1H3,(H,13,15). The van der Waals surface area contributed by atoms with E-state index in [9.17, 15) is 9.90 Å². The predicted molar refractivity (Wildman–Crippen MR) is 56.7 cm³/mol. The summed E-state index contributed by atoms with van der Waals surface area (Å²) in [6, 6.07) is 5.09. The first kappa shape index (κ1) is 9.98. The number of carbonyl (C=O) groups is 1. The third-order valence-electron chi connectivity index (χ3n) is 2.55. The van der Waals surface area contributed by atoms with Crippen LogP contribution < -0.4 is 11.1 Å². The van der Waals surface area contributed by atoms with Crippen molar-refractivity contribution in [2.45, 2.75) is 25.4 Å². The molecule has 4 heteroatoms. The van der Waals surface area contributed by atoms with E-state index in [1.54, 1.807) is 12.1 Å². The van der Waals surface area contributed by atoms with Crippen LogP contribution in [-0.2, 0) is 0 Å². The molecule has 1 aromatic carbocycles. The second kappa shape index (κ2) is 3.55. The minimum absolute atomic E-state index is 0.00678. The minimum Gasteiger partial charge on any atom is -0.507 e. The fourth-order valence-corrected chi connectivity index (χ4v) is 1.46. The molecule has 2 unspecified atom stereocenters. The number of amides is 1. The predicted octanol–water partition coefficient (Wildman–Crippen LogP) is 0.530. The lowest BCUT2D eigenvalue weighted by Crippen LogP contribution is -2.29. The fraction of sp³-hybridized carbons (Fsp3) is 0.364. The van der Waals surface area contributed by atoms with Crippen LogP contribution in [0, 0.1) is 6.92 Å².